The van der Waals surface area contributed by atoms with E-state index in [0.717, 1.165) is 37.8 Å². The highest BCUT2D eigenvalue weighted by atomic mass is 35.5. The summed E-state index contributed by atoms with van der Waals surface area (Å²) in [5.41, 5.74) is 3.08. The lowest BCUT2D eigenvalue weighted by atomic mass is 9.96. The maximum Gasteiger partial charge on any atom is 0.335 e. The second kappa shape index (κ2) is 12.4. The standard InChI is InChI=1S/C25H32N2O2.2ClH/c28-25(29)22-10-8-19(9-11-22)5-4-14-27-15-12-20(13-16-27)18-26-24-17-23(24)21-6-2-1-3-7-21;;/h1-3,6-11,20,23-24,26H,4-5,12-18H2,(H,28,29);2*1H/t23-,24+;;/m0../s1. The molecule has 2 atom stereocenters. The van der Waals surface area contributed by atoms with E-state index < -0.39 is 5.97 Å². The molecule has 2 aliphatic rings. The highest BCUT2D eigenvalue weighted by Gasteiger charge is 2.38. The van der Waals surface area contributed by atoms with Gasteiger partial charge in [-0.15, -0.1) is 24.8 Å². The van der Waals surface area contributed by atoms with E-state index >= 15 is 0 Å². The van der Waals surface area contributed by atoms with Gasteiger partial charge in [0.15, 0.2) is 0 Å². The summed E-state index contributed by atoms with van der Waals surface area (Å²) in [6, 6.07) is 18.9. The van der Waals surface area contributed by atoms with E-state index in [4.69, 9.17) is 5.11 Å². The molecular formula is C25H34Cl2N2O2. The molecule has 0 aromatic heterocycles. The van der Waals surface area contributed by atoms with Crippen LogP contribution in [0.5, 0.6) is 0 Å². The average Bonchev–Trinajstić information content (AvgIpc) is 3.54. The number of aryl methyl sites for hydroxylation is 1. The quantitative estimate of drug-likeness (QED) is 0.546. The number of nitrogens with zero attached hydrogens (tertiary/aromatic N) is 1. The van der Waals surface area contributed by atoms with Gasteiger partial charge in [0.2, 0.25) is 0 Å². The van der Waals surface area contributed by atoms with Crippen molar-refractivity contribution in [3.05, 3.63) is 71.3 Å². The topological polar surface area (TPSA) is 52.6 Å². The van der Waals surface area contributed by atoms with Crippen LogP contribution in [-0.2, 0) is 6.42 Å². The summed E-state index contributed by atoms with van der Waals surface area (Å²) in [4.78, 5) is 13.5. The van der Waals surface area contributed by atoms with Crippen LogP contribution in [-0.4, -0.2) is 48.2 Å². The molecule has 1 heterocycles. The monoisotopic (exact) mass is 464 g/mol. The van der Waals surface area contributed by atoms with Crippen LogP contribution >= 0.6 is 24.8 Å². The first-order valence-corrected chi connectivity index (χ1v) is 11.0. The van der Waals surface area contributed by atoms with Gasteiger partial charge >= 0.3 is 5.97 Å². The molecule has 2 N–H and O–H groups in total. The van der Waals surface area contributed by atoms with Crippen molar-refractivity contribution in [1.29, 1.82) is 0 Å². The van der Waals surface area contributed by atoms with Crippen LogP contribution in [0.4, 0.5) is 0 Å². The summed E-state index contributed by atoms with van der Waals surface area (Å²) in [5.74, 6) is 0.680. The molecule has 1 saturated heterocycles. The van der Waals surface area contributed by atoms with Crippen LogP contribution in [0, 0.1) is 5.92 Å². The van der Waals surface area contributed by atoms with E-state index in [2.05, 4.69) is 40.5 Å². The number of carboxylic acid groups (broad SMARTS) is 1. The van der Waals surface area contributed by atoms with E-state index in [1.54, 1.807) is 12.1 Å². The fourth-order valence-electron chi connectivity index (χ4n) is 4.54. The minimum absolute atomic E-state index is 0. The van der Waals surface area contributed by atoms with Crippen molar-refractivity contribution >= 4 is 30.8 Å². The molecule has 2 fully saturated rings. The molecule has 31 heavy (non-hydrogen) atoms. The minimum atomic E-state index is -0.855. The van der Waals surface area contributed by atoms with Gasteiger partial charge in [0, 0.05) is 12.0 Å². The molecular weight excluding hydrogens is 431 g/mol. The summed E-state index contributed by atoms with van der Waals surface area (Å²) < 4.78 is 0. The fourth-order valence-corrected chi connectivity index (χ4v) is 4.54. The number of carbonyl (C=O) groups is 1. The van der Waals surface area contributed by atoms with Crippen LogP contribution in [0.3, 0.4) is 0 Å². The lowest BCUT2D eigenvalue weighted by Crippen LogP contribution is -2.38. The number of carboxylic acids is 1. The third kappa shape index (κ3) is 7.50. The summed E-state index contributed by atoms with van der Waals surface area (Å²) in [6.45, 7) is 4.71. The predicted molar refractivity (Wildman–Crippen MR) is 131 cm³/mol. The van der Waals surface area contributed by atoms with E-state index in [1.807, 2.05) is 12.1 Å². The molecule has 0 unspecified atom stereocenters. The van der Waals surface area contributed by atoms with Gasteiger partial charge in [-0.05, 0) is 87.5 Å². The van der Waals surface area contributed by atoms with Crippen molar-refractivity contribution < 1.29 is 9.90 Å². The second-order valence-corrected chi connectivity index (χ2v) is 8.66. The normalized spacial score (nSPS) is 21.0. The largest absolute Gasteiger partial charge is 0.478 e. The van der Waals surface area contributed by atoms with Gasteiger partial charge in [-0.2, -0.15) is 0 Å². The maximum atomic E-state index is 10.9. The summed E-state index contributed by atoms with van der Waals surface area (Å²) in [5, 5.41) is 12.8. The van der Waals surface area contributed by atoms with Gasteiger partial charge in [-0.1, -0.05) is 42.5 Å². The van der Waals surface area contributed by atoms with Crippen molar-refractivity contribution in [3.8, 4) is 0 Å². The molecule has 0 bridgehead atoms. The Morgan fingerprint density at radius 3 is 2.32 bits per heavy atom. The number of nitrogens with one attached hydrogen (secondary N) is 1. The molecule has 4 rings (SSSR count). The van der Waals surface area contributed by atoms with Gasteiger partial charge < -0.3 is 15.3 Å². The Morgan fingerprint density at radius 2 is 1.68 bits per heavy atom. The van der Waals surface area contributed by atoms with Crippen molar-refractivity contribution in [1.82, 2.24) is 10.2 Å². The number of halogens is 2. The predicted octanol–water partition coefficient (Wildman–Crippen LogP) is 5.02. The number of hydrogen-bond acceptors (Lipinski definition) is 3. The van der Waals surface area contributed by atoms with Crippen LogP contribution in [0.15, 0.2) is 54.6 Å². The van der Waals surface area contributed by atoms with E-state index in [1.165, 1.54) is 43.5 Å². The summed E-state index contributed by atoms with van der Waals surface area (Å²) in [6.07, 6.45) is 6.03. The maximum absolute atomic E-state index is 10.9. The molecule has 170 valence electrons. The highest BCUT2D eigenvalue weighted by Crippen LogP contribution is 2.40. The molecule has 1 aliphatic heterocycles. The van der Waals surface area contributed by atoms with Gasteiger partial charge in [-0.3, -0.25) is 0 Å². The van der Waals surface area contributed by atoms with Crippen LogP contribution in [0.2, 0.25) is 0 Å². The Kier molecular flexibility index (Phi) is 10.3. The van der Waals surface area contributed by atoms with Crippen LogP contribution in [0.25, 0.3) is 0 Å². The molecule has 0 spiro atoms. The first-order valence-electron chi connectivity index (χ1n) is 11.0. The first-order chi connectivity index (χ1) is 14.2. The molecule has 4 nitrogen and oxygen atoms in total. The number of likely N-dealkylation sites (tertiary alicyclic amines) is 1. The zero-order chi connectivity index (χ0) is 20.1. The van der Waals surface area contributed by atoms with Crippen molar-refractivity contribution in [2.45, 2.75) is 44.1 Å². The highest BCUT2D eigenvalue weighted by molar-refractivity contribution is 5.87. The molecule has 0 radical (unpaired) electrons. The van der Waals surface area contributed by atoms with Crippen molar-refractivity contribution in [2.75, 3.05) is 26.2 Å². The van der Waals surface area contributed by atoms with E-state index in [0.29, 0.717) is 11.6 Å². The molecule has 6 heteroatoms. The SMILES string of the molecule is Cl.Cl.O=C(O)c1ccc(CCCN2CCC(CN[C@@H]3C[C@H]3c3ccccc3)CC2)cc1. The third-order valence-electron chi connectivity index (χ3n) is 6.53. The van der Waals surface area contributed by atoms with Crippen LogP contribution in [0.1, 0.15) is 53.1 Å². The number of piperidine rings is 1. The lowest BCUT2D eigenvalue weighted by Gasteiger charge is -2.32. The van der Waals surface area contributed by atoms with Gasteiger partial charge in [-0.25, -0.2) is 4.79 Å². The smallest absolute Gasteiger partial charge is 0.335 e. The molecule has 1 saturated carbocycles. The summed E-state index contributed by atoms with van der Waals surface area (Å²) in [7, 11) is 0. The second-order valence-electron chi connectivity index (χ2n) is 8.66. The van der Waals surface area contributed by atoms with E-state index in [9.17, 15) is 4.79 Å². The number of benzene rings is 2. The average molecular weight is 465 g/mol. The zero-order valence-electron chi connectivity index (χ0n) is 17.9. The lowest BCUT2D eigenvalue weighted by molar-refractivity contribution is 0.0697. The van der Waals surface area contributed by atoms with Gasteiger partial charge in [0.05, 0.1) is 5.56 Å². The minimum Gasteiger partial charge on any atom is -0.478 e. The Hall–Kier alpha value is -1.59. The van der Waals surface area contributed by atoms with Crippen LogP contribution < -0.4 is 5.32 Å². The van der Waals surface area contributed by atoms with Gasteiger partial charge in [0.25, 0.3) is 0 Å². The van der Waals surface area contributed by atoms with Crippen molar-refractivity contribution in [3.63, 3.8) is 0 Å². The third-order valence-corrected chi connectivity index (χ3v) is 6.53. The zero-order valence-corrected chi connectivity index (χ0v) is 19.5. The van der Waals surface area contributed by atoms with Gasteiger partial charge in [0.1, 0.15) is 0 Å². The number of rotatable bonds is 9. The fraction of sp³-hybridized carbons (Fsp3) is 0.480. The molecule has 0 amide bonds. The Bertz CT molecular complexity index is 793. The Balaban J connectivity index is 0.00000171. The summed E-state index contributed by atoms with van der Waals surface area (Å²) >= 11 is 0. The Labute approximate surface area is 198 Å². The molecule has 2 aromatic rings. The van der Waals surface area contributed by atoms with Crippen molar-refractivity contribution in [2.24, 2.45) is 5.92 Å². The molecule has 1 aliphatic carbocycles. The Morgan fingerprint density at radius 1 is 1.00 bits per heavy atom. The number of hydrogen-bond donors (Lipinski definition) is 2. The van der Waals surface area contributed by atoms with E-state index in [-0.39, 0.29) is 24.8 Å². The molecule has 2 aromatic carbocycles. The first kappa shape index (κ1) is 25.7. The number of aromatic carboxylic acids is 1.